The number of alkyl halides is 2. The molecule has 0 aromatic heterocycles. The number of methoxy groups -OCH3 is 1. The molecule has 7 nitrogen and oxygen atoms in total. The monoisotopic (exact) mass is 440 g/mol. The van der Waals surface area contributed by atoms with Gasteiger partial charge in [-0.05, 0) is 31.0 Å². The Morgan fingerprint density at radius 1 is 1.19 bits per heavy atom. The third-order valence-corrected chi connectivity index (χ3v) is 6.20. The molecular formula is C22H34F2N4O3. The average Bonchev–Trinajstić information content (AvgIpc) is 2.81. The quantitative estimate of drug-likeness (QED) is 0.479. The van der Waals surface area contributed by atoms with Gasteiger partial charge in [0.15, 0.2) is 5.96 Å². The summed E-state index contributed by atoms with van der Waals surface area (Å²) in [5.74, 6) is 1.33. The lowest BCUT2D eigenvalue weighted by molar-refractivity contribution is -0.0505. The maximum atomic E-state index is 12.8. The summed E-state index contributed by atoms with van der Waals surface area (Å²) in [5.41, 5.74) is 0.669. The Morgan fingerprint density at radius 2 is 1.94 bits per heavy atom. The van der Waals surface area contributed by atoms with Crippen LogP contribution in [0, 0.1) is 0 Å². The number of aliphatic imine (C=N–C) groups is 1. The van der Waals surface area contributed by atoms with Gasteiger partial charge < -0.3 is 24.8 Å². The van der Waals surface area contributed by atoms with Crippen LogP contribution < -0.4 is 20.1 Å². The maximum absolute atomic E-state index is 12.8. The summed E-state index contributed by atoms with van der Waals surface area (Å²) in [6.07, 6.45) is 6.03. The Balaban J connectivity index is 1.63. The van der Waals surface area contributed by atoms with Crippen molar-refractivity contribution >= 4 is 5.96 Å². The third kappa shape index (κ3) is 6.43. The number of morpholine rings is 1. The van der Waals surface area contributed by atoms with Crippen LogP contribution in [0.15, 0.2) is 23.2 Å². The van der Waals surface area contributed by atoms with E-state index in [0.717, 1.165) is 45.7 Å². The van der Waals surface area contributed by atoms with Gasteiger partial charge >= 0.3 is 6.61 Å². The molecule has 2 fully saturated rings. The number of nitrogens with zero attached hydrogens (tertiary/aromatic N) is 2. The summed E-state index contributed by atoms with van der Waals surface area (Å²) >= 11 is 0. The number of halogens is 2. The van der Waals surface area contributed by atoms with Crippen molar-refractivity contribution < 1.29 is 23.0 Å². The summed E-state index contributed by atoms with van der Waals surface area (Å²) in [5, 5.41) is 6.70. The van der Waals surface area contributed by atoms with Gasteiger partial charge in [-0.15, -0.1) is 0 Å². The zero-order valence-corrected chi connectivity index (χ0v) is 18.5. The molecule has 0 atom stereocenters. The lowest BCUT2D eigenvalue weighted by Gasteiger charge is -2.48. The van der Waals surface area contributed by atoms with Crippen LogP contribution in [0.2, 0.25) is 0 Å². The molecule has 3 rings (SSSR count). The van der Waals surface area contributed by atoms with Crippen molar-refractivity contribution in [1.82, 2.24) is 15.5 Å². The van der Waals surface area contributed by atoms with E-state index in [-0.39, 0.29) is 17.8 Å². The van der Waals surface area contributed by atoms with E-state index >= 15 is 0 Å². The smallest absolute Gasteiger partial charge is 0.387 e. The molecule has 1 saturated heterocycles. The fourth-order valence-electron chi connectivity index (χ4n) is 4.53. The van der Waals surface area contributed by atoms with Crippen molar-refractivity contribution in [3.05, 3.63) is 23.8 Å². The predicted molar refractivity (Wildman–Crippen MR) is 116 cm³/mol. The minimum atomic E-state index is -2.88. The van der Waals surface area contributed by atoms with E-state index in [1.54, 1.807) is 19.2 Å². The molecule has 1 aliphatic carbocycles. The van der Waals surface area contributed by atoms with Crippen LogP contribution in [0.1, 0.15) is 37.7 Å². The fraction of sp³-hybridized carbons (Fsp3) is 0.682. The molecule has 1 aromatic rings. The van der Waals surface area contributed by atoms with E-state index in [2.05, 4.69) is 25.3 Å². The Bertz CT molecular complexity index is 721. The highest BCUT2D eigenvalue weighted by Crippen LogP contribution is 2.34. The van der Waals surface area contributed by atoms with Gasteiger partial charge in [-0.2, -0.15) is 8.78 Å². The molecule has 0 amide bonds. The van der Waals surface area contributed by atoms with Crippen molar-refractivity contribution in [3.8, 4) is 11.5 Å². The Labute approximate surface area is 183 Å². The van der Waals surface area contributed by atoms with Crippen molar-refractivity contribution in [2.45, 2.75) is 50.8 Å². The van der Waals surface area contributed by atoms with Gasteiger partial charge in [-0.3, -0.25) is 9.89 Å². The summed E-state index contributed by atoms with van der Waals surface area (Å²) in [6, 6.07) is 4.78. The number of hydrogen-bond donors (Lipinski definition) is 2. The van der Waals surface area contributed by atoms with Gasteiger partial charge in [-0.1, -0.05) is 19.3 Å². The van der Waals surface area contributed by atoms with Crippen LogP contribution in [0.25, 0.3) is 0 Å². The summed E-state index contributed by atoms with van der Waals surface area (Å²) in [6.45, 7) is 1.63. The van der Waals surface area contributed by atoms with Crippen LogP contribution in [0.3, 0.4) is 0 Å². The molecule has 9 heteroatoms. The SMILES string of the molecule is CN=C(NCc1cc(OC)ccc1OC(F)F)NCC1(N2CCOCC2)CCCCC1. The number of nitrogens with one attached hydrogen (secondary N) is 2. The van der Waals surface area contributed by atoms with E-state index in [9.17, 15) is 8.78 Å². The summed E-state index contributed by atoms with van der Waals surface area (Å²) in [4.78, 5) is 6.89. The van der Waals surface area contributed by atoms with E-state index in [1.807, 2.05) is 0 Å². The summed E-state index contributed by atoms with van der Waals surface area (Å²) in [7, 11) is 3.25. The van der Waals surface area contributed by atoms with Crippen LogP contribution in [-0.4, -0.2) is 70.0 Å². The first-order valence-electron chi connectivity index (χ1n) is 11.0. The minimum absolute atomic E-state index is 0.0968. The highest BCUT2D eigenvalue weighted by Gasteiger charge is 2.38. The van der Waals surface area contributed by atoms with E-state index < -0.39 is 6.61 Å². The second-order valence-electron chi connectivity index (χ2n) is 8.02. The van der Waals surface area contributed by atoms with Crippen molar-refractivity contribution in [3.63, 3.8) is 0 Å². The predicted octanol–water partition coefficient (Wildman–Crippen LogP) is 3.00. The largest absolute Gasteiger partial charge is 0.497 e. The van der Waals surface area contributed by atoms with Gasteiger partial charge in [0.2, 0.25) is 0 Å². The standard InChI is InChI=1S/C22H34F2N4O3/c1-25-21(26-15-17-14-18(29-2)6-7-19(17)31-20(23)24)27-16-22(8-4-3-5-9-22)28-10-12-30-13-11-28/h6-7,14,20H,3-5,8-13,15-16H2,1-2H3,(H2,25,26,27). The molecular weight excluding hydrogens is 406 g/mol. The molecule has 2 aliphatic rings. The molecule has 2 N–H and O–H groups in total. The molecule has 1 aliphatic heterocycles. The van der Waals surface area contributed by atoms with Gasteiger partial charge in [0, 0.05) is 44.3 Å². The third-order valence-electron chi connectivity index (χ3n) is 6.20. The molecule has 174 valence electrons. The topological polar surface area (TPSA) is 67.4 Å². The van der Waals surface area contributed by atoms with E-state index in [4.69, 9.17) is 9.47 Å². The number of benzene rings is 1. The first kappa shape index (κ1) is 23.5. The molecule has 0 radical (unpaired) electrons. The highest BCUT2D eigenvalue weighted by molar-refractivity contribution is 5.79. The van der Waals surface area contributed by atoms with Gasteiger partial charge in [0.25, 0.3) is 0 Å². The lowest BCUT2D eigenvalue weighted by atomic mass is 9.80. The molecule has 1 heterocycles. The van der Waals surface area contributed by atoms with Crippen molar-refractivity contribution in [2.24, 2.45) is 4.99 Å². The minimum Gasteiger partial charge on any atom is -0.497 e. The highest BCUT2D eigenvalue weighted by atomic mass is 19.3. The normalized spacial score (nSPS) is 19.8. The van der Waals surface area contributed by atoms with Crippen molar-refractivity contribution in [2.75, 3.05) is 47.0 Å². The lowest BCUT2D eigenvalue weighted by Crippen LogP contribution is -2.60. The number of guanidine groups is 1. The second kappa shape index (κ2) is 11.5. The zero-order valence-electron chi connectivity index (χ0n) is 18.5. The van der Waals surface area contributed by atoms with Gasteiger partial charge in [0.1, 0.15) is 11.5 Å². The first-order valence-corrected chi connectivity index (χ1v) is 11.0. The molecule has 0 spiro atoms. The maximum Gasteiger partial charge on any atom is 0.387 e. The number of ether oxygens (including phenoxy) is 3. The van der Waals surface area contributed by atoms with E-state index in [1.165, 1.54) is 32.4 Å². The summed E-state index contributed by atoms with van der Waals surface area (Å²) < 4.78 is 41.0. The molecule has 0 bridgehead atoms. The van der Waals surface area contributed by atoms with Gasteiger partial charge in [-0.25, -0.2) is 0 Å². The first-order chi connectivity index (χ1) is 15.1. The fourth-order valence-corrected chi connectivity index (χ4v) is 4.53. The van der Waals surface area contributed by atoms with E-state index in [0.29, 0.717) is 17.3 Å². The molecule has 31 heavy (non-hydrogen) atoms. The average molecular weight is 441 g/mol. The van der Waals surface area contributed by atoms with Crippen LogP contribution in [-0.2, 0) is 11.3 Å². The van der Waals surface area contributed by atoms with Crippen LogP contribution in [0.5, 0.6) is 11.5 Å². The Kier molecular flexibility index (Phi) is 8.71. The van der Waals surface area contributed by atoms with Crippen LogP contribution in [0.4, 0.5) is 8.78 Å². The van der Waals surface area contributed by atoms with Crippen molar-refractivity contribution in [1.29, 1.82) is 0 Å². The Morgan fingerprint density at radius 3 is 2.58 bits per heavy atom. The number of rotatable bonds is 8. The molecule has 1 aromatic carbocycles. The molecule has 0 unspecified atom stereocenters. The molecule has 1 saturated carbocycles. The van der Waals surface area contributed by atoms with Gasteiger partial charge in [0.05, 0.1) is 20.3 Å². The second-order valence-corrected chi connectivity index (χ2v) is 8.02. The Hall–Kier alpha value is -2.13. The number of hydrogen-bond acceptors (Lipinski definition) is 5. The van der Waals surface area contributed by atoms with Crippen LogP contribution >= 0.6 is 0 Å². The zero-order chi connectivity index (χ0) is 22.1.